The van der Waals surface area contributed by atoms with Crippen molar-refractivity contribution in [1.29, 1.82) is 0 Å². The number of amides is 1. The molecule has 0 atom stereocenters. The fourth-order valence-corrected chi connectivity index (χ4v) is 1.21. The Hall–Kier alpha value is -1.69. The Kier molecular flexibility index (Phi) is 5.35. The van der Waals surface area contributed by atoms with Crippen molar-refractivity contribution in [3.63, 3.8) is 0 Å². The molecule has 1 rings (SSSR count). The second kappa shape index (κ2) is 6.80. The van der Waals surface area contributed by atoms with Gasteiger partial charge in [0.05, 0.1) is 12.2 Å². The molecule has 17 heavy (non-hydrogen) atoms. The van der Waals surface area contributed by atoms with Crippen molar-refractivity contribution >= 4 is 5.91 Å². The Balaban J connectivity index is 2.71. The summed E-state index contributed by atoms with van der Waals surface area (Å²) in [6, 6.07) is 5.82. The van der Waals surface area contributed by atoms with Crippen LogP contribution in [0, 0.1) is 0 Å². The molecule has 1 amide bonds. The molecule has 0 spiro atoms. The molecule has 0 saturated heterocycles. The first kappa shape index (κ1) is 13.4. The lowest BCUT2D eigenvalue weighted by Crippen LogP contribution is -2.27. The van der Waals surface area contributed by atoms with Crippen LogP contribution in [-0.4, -0.2) is 32.8 Å². The maximum absolute atomic E-state index is 12.1. The quantitative estimate of drug-likeness (QED) is 0.775. The highest BCUT2D eigenvalue weighted by Crippen LogP contribution is 2.19. The SMILES string of the molecule is COCCNC(=O)c1ccccc1OC(F)F. The summed E-state index contributed by atoms with van der Waals surface area (Å²) < 4.78 is 33.2. The van der Waals surface area contributed by atoms with Crippen LogP contribution in [-0.2, 0) is 4.74 Å². The number of ether oxygens (including phenoxy) is 2. The van der Waals surface area contributed by atoms with Gasteiger partial charge in [-0.25, -0.2) is 0 Å². The summed E-state index contributed by atoms with van der Waals surface area (Å²) in [5.41, 5.74) is 0.0731. The van der Waals surface area contributed by atoms with E-state index < -0.39 is 12.5 Å². The van der Waals surface area contributed by atoms with Crippen molar-refractivity contribution in [1.82, 2.24) is 5.32 Å². The van der Waals surface area contributed by atoms with Gasteiger partial charge in [-0.05, 0) is 12.1 Å². The number of hydrogen-bond acceptors (Lipinski definition) is 3. The van der Waals surface area contributed by atoms with Crippen LogP contribution in [0.25, 0.3) is 0 Å². The Labute approximate surface area is 97.5 Å². The standard InChI is InChI=1S/C11H13F2NO3/c1-16-7-6-14-10(15)8-4-2-3-5-9(8)17-11(12)13/h2-5,11H,6-7H2,1H3,(H,14,15). The second-order valence-electron chi connectivity index (χ2n) is 3.12. The molecule has 1 aromatic rings. The highest BCUT2D eigenvalue weighted by Gasteiger charge is 2.14. The number of alkyl halides is 2. The van der Waals surface area contributed by atoms with Crippen molar-refractivity contribution < 1.29 is 23.0 Å². The molecule has 0 aliphatic carbocycles. The number of hydrogen-bond donors (Lipinski definition) is 1. The van der Waals surface area contributed by atoms with E-state index in [-0.39, 0.29) is 11.3 Å². The Morgan fingerprint density at radius 1 is 1.41 bits per heavy atom. The fraction of sp³-hybridized carbons (Fsp3) is 0.364. The van der Waals surface area contributed by atoms with Crippen molar-refractivity contribution in [2.45, 2.75) is 6.61 Å². The van der Waals surface area contributed by atoms with Crippen LogP contribution >= 0.6 is 0 Å². The van der Waals surface area contributed by atoms with Crippen LogP contribution in [0.1, 0.15) is 10.4 Å². The van der Waals surface area contributed by atoms with Crippen LogP contribution in [0.15, 0.2) is 24.3 Å². The zero-order valence-electron chi connectivity index (χ0n) is 9.28. The van der Waals surface area contributed by atoms with Gasteiger partial charge >= 0.3 is 6.61 Å². The number of para-hydroxylation sites is 1. The maximum Gasteiger partial charge on any atom is 0.387 e. The third-order valence-corrected chi connectivity index (χ3v) is 1.94. The minimum atomic E-state index is -2.96. The van der Waals surface area contributed by atoms with Crippen LogP contribution in [0.3, 0.4) is 0 Å². The molecule has 0 aromatic heterocycles. The molecule has 0 radical (unpaired) electrons. The van der Waals surface area contributed by atoms with E-state index >= 15 is 0 Å². The van der Waals surface area contributed by atoms with E-state index in [1.54, 1.807) is 6.07 Å². The van der Waals surface area contributed by atoms with Gasteiger partial charge < -0.3 is 14.8 Å². The highest BCUT2D eigenvalue weighted by molar-refractivity contribution is 5.96. The molecule has 0 saturated carbocycles. The summed E-state index contributed by atoms with van der Waals surface area (Å²) in [5, 5.41) is 2.52. The summed E-state index contributed by atoms with van der Waals surface area (Å²) in [4.78, 5) is 11.6. The summed E-state index contributed by atoms with van der Waals surface area (Å²) in [6.45, 7) is -2.30. The largest absolute Gasteiger partial charge is 0.434 e. The highest BCUT2D eigenvalue weighted by atomic mass is 19.3. The average Bonchev–Trinajstić information content (AvgIpc) is 2.29. The first-order valence-corrected chi connectivity index (χ1v) is 4.96. The van der Waals surface area contributed by atoms with Gasteiger partial charge in [-0.2, -0.15) is 8.78 Å². The van der Waals surface area contributed by atoms with Crippen LogP contribution < -0.4 is 10.1 Å². The predicted octanol–water partition coefficient (Wildman–Crippen LogP) is 1.66. The van der Waals surface area contributed by atoms with Crippen LogP contribution in [0.5, 0.6) is 5.75 Å². The number of halogens is 2. The molecule has 0 heterocycles. The molecule has 0 bridgehead atoms. The van der Waals surface area contributed by atoms with Gasteiger partial charge in [-0.1, -0.05) is 12.1 Å². The second-order valence-corrected chi connectivity index (χ2v) is 3.12. The van der Waals surface area contributed by atoms with Crippen molar-refractivity contribution in [2.24, 2.45) is 0 Å². The molecule has 0 aliphatic rings. The van der Waals surface area contributed by atoms with E-state index in [2.05, 4.69) is 10.1 Å². The smallest absolute Gasteiger partial charge is 0.387 e. The Morgan fingerprint density at radius 3 is 2.76 bits per heavy atom. The van der Waals surface area contributed by atoms with Gasteiger partial charge in [0.1, 0.15) is 5.75 Å². The molecule has 0 fully saturated rings. The monoisotopic (exact) mass is 245 g/mol. The van der Waals surface area contributed by atoms with Crippen LogP contribution in [0.4, 0.5) is 8.78 Å². The summed E-state index contributed by atoms with van der Waals surface area (Å²) in [5.74, 6) is -0.615. The molecule has 4 nitrogen and oxygen atoms in total. The fourth-order valence-electron chi connectivity index (χ4n) is 1.21. The lowest BCUT2D eigenvalue weighted by atomic mass is 10.2. The summed E-state index contributed by atoms with van der Waals surface area (Å²) in [7, 11) is 1.50. The molecule has 6 heteroatoms. The molecule has 1 aromatic carbocycles. The Bertz CT molecular complexity index is 371. The molecular weight excluding hydrogens is 232 g/mol. The zero-order chi connectivity index (χ0) is 12.7. The predicted molar refractivity (Wildman–Crippen MR) is 57.3 cm³/mol. The molecular formula is C11H13F2NO3. The lowest BCUT2D eigenvalue weighted by Gasteiger charge is -2.10. The van der Waals surface area contributed by atoms with Crippen LogP contribution in [0.2, 0.25) is 0 Å². The van der Waals surface area contributed by atoms with E-state index in [1.807, 2.05) is 0 Å². The van der Waals surface area contributed by atoms with Gasteiger partial charge in [-0.15, -0.1) is 0 Å². The van der Waals surface area contributed by atoms with E-state index in [4.69, 9.17) is 4.74 Å². The third kappa shape index (κ3) is 4.36. The molecule has 94 valence electrons. The topological polar surface area (TPSA) is 47.6 Å². The number of benzene rings is 1. The molecule has 0 aliphatic heterocycles. The van der Waals surface area contributed by atoms with Crippen molar-refractivity contribution in [3.05, 3.63) is 29.8 Å². The first-order chi connectivity index (χ1) is 8.15. The van der Waals surface area contributed by atoms with Gasteiger partial charge in [0.25, 0.3) is 5.91 Å². The van der Waals surface area contributed by atoms with E-state index in [0.29, 0.717) is 13.2 Å². The minimum Gasteiger partial charge on any atom is -0.434 e. The Morgan fingerprint density at radius 2 is 2.12 bits per heavy atom. The normalized spacial score (nSPS) is 10.4. The zero-order valence-corrected chi connectivity index (χ0v) is 9.28. The average molecular weight is 245 g/mol. The number of nitrogens with one attached hydrogen (secondary N) is 1. The van der Waals surface area contributed by atoms with Crippen molar-refractivity contribution in [3.8, 4) is 5.75 Å². The van der Waals surface area contributed by atoms with Gasteiger partial charge in [0.15, 0.2) is 0 Å². The molecule has 0 unspecified atom stereocenters. The van der Waals surface area contributed by atoms with Crippen molar-refractivity contribution in [2.75, 3.05) is 20.3 Å². The van der Waals surface area contributed by atoms with Gasteiger partial charge in [-0.3, -0.25) is 4.79 Å². The number of carbonyl (C=O) groups excluding carboxylic acids is 1. The number of carbonyl (C=O) groups is 1. The minimum absolute atomic E-state index is 0.0731. The van der Waals surface area contributed by atoms with E-state index in [0.717, 1.165) is 0 Å². The van der Waals surface area contributed by atoms with E-state index in [9.17, 15) is 13.6 Å². The summed E-state index contributed by atoms with van der Waals surface area (Å²) >= 11 is 0. The third-order valence-electron chi connectivity index (χ3n) is 1.94. The maximum atomic E-state index is 12.1. The summed E-state index contributed by atoms with van der Waals surface area (Å²) in [6.07, 6.45) is 0. The van der Waals surface area contributed by atoms with Gasteiger partial charge in [0.2, 0.25) is 0 Å². The van der Waals surface area contributed by atoms with E-state index in [1.165, 1.54) is 25.3 Å². The van der Waals surface area contributed by atoms with Gasteiger partial charge in [0, 0.05) is 13.7 Å². The molecule has 1 N–H and O–H groups in total. The first-order valence-electron chi connectivity index (χ1n) is 4.96. The number of rotatable bonds is 6. The lowest BCUT2D eigenvalue weighted by molar-refractivity contribution is -0.0501. The number of methoxy groups -OCH3 is 1.